The molecule has 0 aromatic rings. The van der Waals surface area contributed by atoms with E-state index in [4.69, 9.17) is 9.47 Å². The third kappa shape index (κ3) is 5.51. The molecule has 3 N–H and O–H groups in total. The van der Waals surface area contributed by atoms with Crippen LogP contribution in [0.25, 0.3) is 0 Å². The molecule has 0 aromatic carbocycles. The van der Waals surface area contributed by atoms with E-state index in [1.807, 2.05) is 22.6 Å². The summed E-state index contributed by atoms with van der Waals surface area (Å²) in [6.45, 7) is 2.04. The van der Waals surface area contributed by atoms with E-state index in [-0.39, 0.29) is 35.0 Å². The maximum absolute atomic E-state index is 11.7. The molecule has 0 bridgehead atoms. The van der Waals surface area contributed by atoms with Crippen LogP contribution < -0.4 is 5.73 Å². The fourth-order valence-corrected chi connectivity index (χ4v) is 2.20. The molecule has 0 spiro atoms. The highest BCUT2D eigenvalue weighted by Crippen LogP contribution is 2.23. The molecule has 0 saturated heterocycles. The molecule has 0 amide bonds. The van der Waals surface area contributed by atoms with Crippen molar-refractivity contribution in [3.8, 4) is 0 Å². The van der Waals surface area contributed by atoms with Crippen molar-refractivity contribution in [1.29, 1.82) is 0 Å². The van der Waals surface area contributed by atoms with Crippen molar-refractivity contribution < 1.29 is 24.8 Å². The van der Waals surface area contributed by atoms with Crippen molar-refractivity contribution >= 4 is 34.5 Å². The molecule has 18 heavy (non-hydrogen) atoms. The van der Waals surface area contributed by atoms with Gasteiger partial charge in [-0.3, -0.25) is 9.59 Å². The Morgan fingerprint density at radius 1 is 1.33 bits per heavy atom. The standard InChI is InChI=1S/C12H20INO4/c1-8(13)11(15)17-5-6-18-12(16)9-3-2-4-10(14)7-9/h8-10H,2-7,14H2,1H3/p+1. The van der Waals surface area contributed by atoms with Crippen LogP contribution in [-0.4, -0.2) is 35.1 Å². The highest BCUT2D eigenvalue weighted by Gasteiger charge is 2.28. The summed E-state index contributed by atoms with van der Waals surface area (Å²) in [6.07, 6.45) is 3.82. The second-order valence-corrected chi connectivity index (χ2v) is 6.55. The normalized spacial score (nSPS) is 25.3. The molecule has 3 unspecified atom stereocenters. The second-order valence-electron chi connectivity index (χ2n) is 4.68. The lowest BCUT2D eigenvalue weighted by atomic mass is 9.86. The number of ether oxygens (including phenoxy) is 2. The minimum Gasteiger partial charge on any atom is -0.462 e. The van der Waals surface area contributed by atoms with E-state index in [1.165, 1.54) is 0 Å². The molecule has 104 valence electrons. The first kappa shape index (κ1) is 15.7. The zero-order chi connectivity index (χ0) is 13.5. The summed E-state index contributed by atoms with van der Waals surface area (Å²) in [5.41, 5.74) is 3.99. The number of rotatable bonds is 5. The molecular weight excluding hydrogens is 349 g/mol. The summed E-state index contributed by atoms with van der Waals surface area (Å²) in [7, 11) is 0. The fraction of sp³-hybridized carbons (Fsp3) is 0.833. The first-order valence-electron chi connectivity index (χ1n) is 6.31. The number of hydrogen-bond acceptors (Lipinski definition) is 4. The highest BCUT2D eigenvalue weighted by molar-refractivity contribution is 14.1. The average Bonchev–Trinajstić information content (AvgIpc) is 2.33. The lowest BCUT2D eigenvalue weighted by Crippen LogP contribution is -2.62. The molecule has 1 aliphatic rings. The first-order chi connectivity index (χ1) is 8.50. The number of hydrogen-bond donors (Lipinski definition) is 1. The monoisotopic (exact) mass is 370 g/mol. The third-order valence-corrected chi connectivity index (χ3v) is 3.52. The van der Waals surface area contributed by atoms with Gasteiger partial charge in [-0.05, 0) is 26.2 Å². The van der Waals surface area contributed by atoms with Crippen LogP contribution in [0.2, 0.25) is 0 Å². The van der Waals surface area contributed by atoms with Crippen molar-refractivity contribution in [2.45, 2.75) is 42.6 Å². The SMILES string of the molecule is CC(I)C(=O)OCCOC(=O)C1CCCC([NH3+])C1. The van der Waals surface area contributed by atoms with E-state index >= 15 is 0 Å². The molecule has 6 heteroatoms. The largest absolute Gasteiger partial charge is 0.462 e. The van der Waals surface area contributed by atoms with E-state index in [9.17, 15) is 9.59 Å². The Bertz CT molecular complexity index is 296. The zero-order valence-electron chi connectivity index (χ0n) is 10.7. The molecule has 1 fully saturated rings. The minimum atomic E-state index is -0.276. The Labute approximate surface area is 121 Å². The van der Waals surface area contributed by atoms with E-state index in [0.717, 1.165) is 25.7 Å². The predicted molar refractivity (Wildman–Crippen MR) is 74.0 cm³/mol. The molecule has 0 heterocycles. The van der Waals surface area contributed by atoms with Crippen LogP contribution in [0.15, 0.2) is 0 Å². The van der Waals surface area contributed by atoms with Gasteiger partial charge >= 0.3 is 11.9 Å². The maximum Gasteiger partial charge on any atom is 0.318 e. The van der Waals surface area contributed by atoms with Crippen LogP contribution in [0.3, 0.4) is 0 Å². The molecule has 0 aliphatic heterocycles. The first-order valence-corrected chi connectivity index (χ1v) is 7.55. The van der Waals surface area contributed by atoms with Crippen LogP contribution >= 0.6 is 22.6 Å². The number of halogens is 1. The fourth-order valence-electron chi connectivity index (χ4n) is 2.02. The topological polar surface area (TPSA) is 80.2 Å². The molecule has 1 rings (SSSR count). The third-order valence-electron chi connectivity index (χ3n) is 3.01. The van der Waals surface area contributed by atoms with Crippen molar-refractivity contribution in [2.75, 3.05) is 13.2 Å². The van der Waals surface area contributed by atoms with Gasteiger partial charge in [-0.25, -0.2) is 0 Å². The van der Waals surface area contributed by atoms with Crippen molar-refractivity contribution in [2.24, 2.45) is 5.92 Å². The second kappa shape index (κ2) is 7.93. The Balaban J connectivity index is 2.15. The summed E-state index contributed by atoms with van der Waals surface area (Å²) in [5, 5.41) is 0. The molecule has 0 aromatic heterocycles. The Kier molecular flexibility index (Phi) is 6.91. The Morgan fingerprint density at radius 3 is 2.61 bits per heavy atom. The van der Waals surface area contributed by atoms with Crippen molar-refractivity contribution in [1.82, 2.24) is 0 Å². The average molecular weight is 370 g/mol. The number of alkyl halides is 1. The van der Waals surface area contributed by atoms with Crippen molar-refractivity contribution in [3.05, 3.63) is 0 Å². The lowest BCUT2D eigenvalue weighted by molar-refractivity contribution is -0.427. The van der Waals surface area contributed by atoms with E-state index in [2.05, 4.69) is 5.73 Å². The van der Waals surface area contributed by atoms with Crippen LogP contribution in [0.5, 0.6) is 0 Å². The number of carbonyl (C=O) groups excluding carboxylic acids is 2. The number of esters is 2. The van der Waals surface area contributed by atoms with Gasteiger partial charge < -0.3 is 15.2 Å². The van der Waals surface area contributed by atoms with Crippen molar-refractivity contribution in [3.63, 3.8) is 0 Å². The van der Waals surface area contributed by atoms with Gasteiger partial charge in [-0.15, -0.1) is 0 Å². The molecule has 0 radical (unpaired) electrons. The van der Waals surface area contributed by atoms with Gasteiger partial charge in [0, 0.05) is 6.42 Å². The smallest absolute Gasteiger partial charge is 0.318 e. The summed E-state index contributed by atoms with van der Waals surface area (Å²) in [6, 6.07) is 0.356. The van der Waals surface area contributed by atoms with Gasteiger partial charge in [0.05, 0.1) is 12.0 Å². The van der Waals surface area contributed by atoms with E-state index in [1.54, 1.807) is 6.92 Å². The quantitative estimate of drug-likeness (QED) is 0.334. The molecule has 5 nitrogen and oxygen atoms in total. The summed E-state index contributed by atoms with van der Waals surface area (Å²) in [5.74, 6) is -0.482. The van der Waals surface area contributed by atoms with Crippen LogP contribution in [0, 0.1) is 5.92 Å². The predicted octanol–water partition coefficient (Wildman–Crippen LogP) is 0.697. The van der Waals surface area contributed by atoms with Crippen LogP contribution in [-0.2, 0) is 19.1 Å². The van der Waals surface area contributed by atoms with E-state index < -0.39 is 0 Å². The van der Waals surface area contributed by atoms with Gasteiger partial charge in [0.2, 0.25) is 0 Å². The van der Waals surface area contributed by atoms with Gasteiger partial charge in [0.1, 0.15) is 17.1 Å². The molecule has 1 aliphatic carbocycles. The van der Waals surface area contributed by atoms with Crippen LogP contribution in [0.1, 0.15) is 32.6 Å². The molecular formula is C12H21INO4+. The minimum absolute atomic E-state index is 0.0274. The van der Waals surface area contributed by atoms with Crippen LogP contribution in [0.4, 0.5) is 0 Å². The van der Waals surface area contributed by atoms with Gasteiger partial charge in [0.25, 0.3) is 0 Å². The number of carbonyl (C=O) groups is 2. The summed E-state index contributed by atoms with van der Waals surface area (Å²) >= 11 is 1.98. The summed E-state index contributed by atoms with van der Waals surface area (Å²) in [4.78, 5) is 22.9. The Morgan fingerprint density at radius 2 is 2.00 bits per heavy atom. The molecule has 3 atom stereocenters. The van der Waals surface area contributed by atoms with Gasteiger partial charge in [-0.1, -0.05) is 22.6 Å². The Hall–Kier alpha value is -0.370. The highest BCUT2D eigenvalue weighted by atomic mass is 127. The number of quaternary nitrogens is 1. The zero-order valence-corrected chi connectivity index (χ0v) is 12.9. The summed E-state index contributed by atoms with van der Waals surface area (Å²) < 4.78 is 9.86. The maximum atomic E-state index is 11.7. The molecule has 1 saturated carbocycles. The van der Waals surface area contributed by atoms with E-state index in [0.29, 0.717) is 6.04 Å². The van der Waals surface area contributed by atoms with Gasteiger partial charge in [0.15, 0.2) is 0 Å². The van der Waals surface area contributed by atoms with Gasteiger partial charge in [-0.2, -0.15) is 0 Å². The lowest BCUT2D eigenvalue weighted by Gasteiger charge is -2.22.